The van der Waals surface area contributed by atoms with Crippen LogP contribution >= 0.6 is 0 Å². The molecule has 1 aromatic carbocycles. The number of rotatable bonds is 3. The standard InChI is InChI=1S/C14H20N4O2/c1-11-2-3-12(18(19)20)8-14(11)17-6-4-16(5-7-17)13-9-15-10-13/h2-3,8,13,15H,4-7,9-10H2,1H3. The van der Waals surface area contributed by atoms with Crippen molar-refractivity contribution in [3.8, 4) is 0 Å². The summed E-state index contributed by atoms with van der Waals surface area (Å²) in [4.78, 5) is 15.4. The van der Waals surface area contributed by atoms with Gasteiger partial charge in [0.05, 0.1) is 4.92 Å². The number of nitro benzene ring substituents is 1. The number of hydrogen-bond donors (Lipinski definition) is 1. The average molecular weight is 276 g/mol. The summed E-state index contributed by atoms with van der Waals surface area (Å²) in [6.07, 6.45) is 0. The SMILES string of the molecule is Cc1ccc([N+](=O)[O-])cc1N1CCN(C2CNC2)CC1. The molecule has 2 saturated heterocycles. The number of anilines is 1. The Kier molecular flexibility index (Phi) is 3.58. The monoisotopic (exact) mass is 276 g/mol. The van der Waals surface area contributed by atoms with E-state index in [1.54, 1.807) is 12.1 Å². The van der Waals surface area contributed by atoms with Crippen molar-refractivity contribution in [3.05, 3.63) is 33.9 Å². The van der Waals surface area contributed by atoms with E-state index in [0.717, 1.165) is 50.5 Å². The van der Waals surface area contributed by atoms with Gasteiger partial charge in [-0.2, -0.15) is 0 Å². The Hall–Kier alpha value is -1.66. The summed E-state index contributed by atoms with van der Waals surface area (Å²) in [5.41, 5.74) is 2.29. The van der Waals surface area contributed by atoms with Gasteiger partial charge in [0, 0.05) is 63.1 Å². The Balaban J connectivity index is 1.70. The Morgan fingerprint density at radius 2 is 1.95 bits per heavy atom. The molecule has 1 aromatic rings. The summed E-state index contributed by atoms with van der Waals surface area (Å²) >= 11 is 0. The average Bonchev–Trinajstić information content (AvgIpc) is 2.38. The third-order valence-electron chi connectivity index (χ3n) is 4.33. The van der Waals surface area contributed by atoms with Crippen molar-refractivity contribution in [2.24, 2.45) is 0 Å². The first-order chi connectivity index (χ1) is 9.65. The second kappa shape index (κ2) is 5.38. The Labute approximate surface area is 118 Å². The summed E-state index contributed by atoms with van der Waals surface area (Å²) in [6, 6.07) is 5.81. The minimum absolute atomic E-state index is 0.177. The molecule has 6 heteroatoms. The Morgan fingerprint density at radius 3 is 2.50 bits per heavy atom. The molecule has 20 heavy (non-hydrogen) atoms. The van der Waals surface area contributed by atoms with Crippen LogP contribution in [0.25, 0.3) is 0 Å². The number of aryl methyl sites for hydroxylation is 1. The fourth-order valence-corrected chi connectivity index (χ4v) is 2.91. The van der Waals surface area contributed by atoms with Crippen molar-refractivity contribution in [1.82, 2.24) is 10.2 Å². The van der Waals surface area contributed by atoms with Crippen molar-refractivity contribution < 1.29 is 4.92 Å². The molecule has 0 atom stereocenters. The van der Waals surface area contributed by atoms with Crippen LogP contribution in [0.3, 0.4) is 0 Å². The molecule has 0 saturated carbocycles. The third-order valence-corrected chi connectivity index (χ3v) is 4.33. The van der Waals surface area contributed by atoms with Gasteiger partial charge in [0.15, 0.2) is 0 Å². The lowest BCUT2D eigenvalue weighted by molar-refractivity contribution is -0.384. The van der Waals surface area contributed by atoms with Crippen LogP contribution in [0.5, 0.6) is 0 Å². The Bertz CT molecular complexity index is 508. The molecule has 6 nitrogen and oxygen atoms in total. The molecule has 2 fully saturated rings. The van der Waals surface area contributed by atoms with Crippen molar-refractivity contribution in [2.45, 2.75) is 13.0 Å². The van der Waals surface area contributed by atoms with Crippen LogP contribution in [0.15, 0.2) is 18.2 Å². The fraction of sp³-hybridized carbons (Fsp3) is 0.571. The highest BCUT2D eigenvalue weighted by Gasteiger charge is 2.28. The third kappa shape index (κ3) is 2.48. The van der Waals surface area contributed by atoms with E-state index in [0.29, 0.717) is 6.04 Å². The first kappa shape index (κ1) is 13.3. The van der Waals surface area contributed by atoms with Gasteiger partial charge in [0.25, 0.3) is 5.69 Å². The highest BCUT2D eigenvalue weighted by molar-refractivity contribution is 5.59. The predicted molar refractivity (Wildman–Crippen MR) is 78.3 cm³/mol. The number of benzene rings is 1. The second-order valence-corrected chi connectivity index (χ2v) is 5.56. The maximum absolute atomic E-state index is 10.9. The number of nitrogens with one attached hydrogen (secondary N) is 1. The van der Waals surface area contributed by atoms with Gasteiger partial charge in [-0.25, -0.2) is 0 Å². The number of piperazine rings is 1. The minimum atomic E-state index is -0.320. The predicted octanol–water partition coefficient (Wildman–Crippen LogP) is 0.997. The van der Waals surface area contributed by atoms with E-state index in [4.69, 9.17) is 0 Å². The van der Waals surface area contributed by atoms with Crippen LogP contribution in [0.4, 0.5) is 11.4 Å². The largest absolute Gasteiger partial charge is 0.369 e. The van der Waals surface area contributed by atoms with Crippen LogP contribution in [0.1, 0.15) is 5.56 Å². The normalized spacial score (nSPS) is 20.8. The smallest absolute Gasteiger partial charge is 0.271 e. The first-order valence-electron chi connectivity index (χ1n) is 7.10. The molecule has 3 rings (SSSR count). The van der Waals surface area contributed by atoms with Crippen LogP contribution in [0.2, 0.25) is 0 Å². The van der Waals surface area contributed by atoms with Crippen LogP contribution < -0.4 is 10.2 Å². The molecule has 2 aliphatic heterocycles. The summed E-state index contributed by atoms with van der Waals surface area (Å²) < 4.78 is 0. The lowest BCUT2D eigenvalue weighted by Crippen LogP contribution is -2.61. The maximum atomic E-state index is 10.9. The van der Waals surface area contributed by atoms with Gasteiger partial charge in [0.1, 0.15) is 0 Å². The van der Waals surface area contributed by atoms with Gasteiger partial charge in [-0.3, -0.25) is 15.0 Å². The molecule has 0 unspecified atom stereocenters. The van der Waals surface area contributed by atoms with Crippen molar-refractivity contribution in [3.63, 3.8) is 0 Å². The highest BCUT2D eigenvalue weighted by atomic mass is 16.6. The minimum Gasteiger partial charge on any atom is -0.369 e. The summed E-state index contributed by atoms with van der Waals surface area (Å²) in [5, 5.41) is 14.2. The topological polar surface area (TPSA) is 61.7 Å². The van der Waals surface area contributed by atoms with Gasteiger partial charge in [-0.1, -0.05) is 6.07 Å². The molecule has 0 aromatic heterocycles. The Morgan fingerprint density at radius 1 is 1.25 bits per heavy atom. The number of nitro groups is 1. The summed E-state index contributed by atoms with van der Waals surface area (Å²) in [7, 11) is 0. The molecule has 0 amide bonds. The van der Waals surface area contributed by atoms with Crippen LogP contribution in [0, 0.1) is 17.0 Å². The second-order valence-electron chi connectivity index (χ2n) is 5.56. The number of hydrogen-bond acceptors (Lipinski definition) is 5. The number of nitrogens with zero attached hydrogens (tertiary/aromatic N) is 3. The van der Waals surface area contributed by atoms with Gasteiger partial charge >= 0.3 is 0 Å². The highest BCUT2D eigenvalue weighted by Crippen LogP contribution is 2.26. The maximum Gasteiger partial charge on any atom is 0.271 e. The van der Waals surface area contributed by atoms with Crippen molar-refractivity contribution in [1.29, 1.82) is 0 Å². The van der Waals surface area contributed by atoms with Gasteiger partial charge in [0.2, 0.25) is 0 Å². The zero-order valence-electron chi connectivity index (χ0n) is 11.7. The molecule has 0 bridgehead atoms. The van der Waals surface area contributed by atoms with Gasteiger partial charge < -0.3 is 10.2 Å². The van der Waals surface area contributed by atoms with E-state index in [1.165, 1.54) is 0 Å². The lowest BCUT2D eigenvalue weighted by Gasteiger charge is -2.44. The summed E-state index contributed by atoms with van der Waals surface area (Å²) in [5.74, 6) is 0. The van der Waals surface area contributed by atoms with E-state index in [-0.39, 0.29) is 10.6 Å². The van der Waals surface area contributed by atoms with E-state index < -0.39 is 0 Å². The van der Waals surface area contributed by atoms with Gasteiger partial charge in [-0.05, 0) is 12.5 Å². The first-order valence-corrected chi connectivity index (χ1v) is 7.10. The molecule has 0 radical (unpaired) electrons. The molecular weight excluding hydrogens is 256 g/mol. The quantitative estimate of drug-likeness (QED) is 0.659. The molecule has 2 aliphatic rings. The summed E-state index contributed by atoms with van der Waals surface area (Å²) in [6.45, 7) is 8.16. The molecular formula is C14H20N4O2. The molecule has 0 spiro atoms. The van der Waals surface area contributed by atoms with Crippen molar-refractivity contribution in [2.75, 3.05) is 44.2 Å². The zero-order chi connectivity index (χ0) is 14.1. The zero-order valence-corrected chi connectivity index (χ0v) is 11.7. The molecule has 1 N–H and O–H groups in total. The van der Waals surface area contributed by atoms with Crippen molar-refractivity contribution >= 4 is 11.4 Å². The fourth-order valence-electron chi connectivity index (χ4n) is 2.91. The lowest BCUT2D eigenvalue weighted by atomic mass is 10.1. The van der Waals surface area contributed by atoms with E-state index in [2.05, 4.69) is 15.1 Å². The molecule has 0 aliphatic carbocycles. The number of non-ortho nitro benzene ring substituents is 1. The van der Waals surface area contributed by atoms with E-state index in [9.17, 15) is 10.1 Å². The van der Waals surface area contributed by atoms with E-state index in [1.807, 2.05) is 13.0 Å². The van der Waals surface area contributed by atoms with Gasteiger partial charge in [-0.15, -0.1) is 0 Å². The van der Waals surface area contributed by atoms with Crippen LogP contribution in [-0.2, 0) is 0 Å². The van der Waals surface area contributed by atoms with E-state index >= 15 is 0 Å². The van der Waals surface area contributed by atoms with Crippen LogP contribution in [-0.4, -0.2) is 55.1 Å². The molecule has 2 heterocycles. The molecule has 108 valence electrons.